The first kappa shape index (κ1) is 25.6. The van der Waals surface area contributed by atoms with Crippen molar-refractivity contribution in [2.45, 2.75) is 26.9 Å². The molecule has 0 N–H and O–H groups in total. The number of carbonyl (C=O) groups excluding carboxylic acids is 1. The van der Waals surface area contributed by atoms with Crippen molar-refractivity contribution in [3.05, 3.63) is 94.7 Å². The van der Waals surface area contributed by atoms with Crippen LogP contribution in [0.5, 0.6) is 16.7 Å². The number of methoxy groups -OCH3 is 2. The Bertz CT molecular complexity index is 1830. The van der Waals surface area contributed by atoms with Gasteiger partial charge in [0, 0.05) is 24.1 Å². The molecule has 3 heterocycles. The van der Waals surface area contributed by atoms with Gasteiger partial charge in [0.2, 0.25) is 4.96 Å². The Hall–Kier alpha value is -4.63. The number of rotatable bonds is 9. The van der Waals surface area contributed by atoms with Gasteiger partial charge in [-0.3, -0.25) is 4.79 Å². The van der Waals surface area contributed by atoms with E-state index < -0.39 is 0 Å². The van der Waals surface area contributed by atoms with E-state index in [0.29, 0.717) is 51.7 Å². The molecule has 0 spiro atoms. The molecule has 0 aliphatic carbocycles. The first-order valence-electron chi connectivity index (χ1n) is 12.7. The minimum Gasteiger partial charge on any atom is -0.496 e. The Morgan fingerprint density at radius 3 is 2.60 bits per heavy atom. The van der Waals surface area contributed by atoms with Gasteiger partial charge in [-0.25, -0.2) is 9.50 Å². The summed E-state index contributed by atoms with van der Waals surface area (Å²) in [5.41, 5.74) is 6.20. The number of fused-ring (bicyclic) bond motifs is 2. The van der Waals surface area contributed by atoms with Gasteiger partial charge in [-0.1, -0.05) is 36.4 Å². The molecular formula is C31H27N3O5S. The van der Waals surface area contributed by atoms with Crippen molar-refractivity contribution < 1.29 is 23.4 Å². The van der Waals surface area contributed by atoms with Crippen molar-refractivity contribution in [3.63, 3.8) is 0 Å². The van der Waals surface area contributed by atoms with Gasteiger partial charge in [-0.2, -0.15) is 0 Å². The smallest absolute Gasteiger partial charge is 0.294 e. The van der Waals surface area contributed by atoms with E-state index in [9.17, 15) is 4.79 Å². The molecule has 3 aromatic carbocycles. The molecule has 0 atom stereocenters. The Kier molecular flexibility index (Phi) is 6.73. The summed E-state index contributed by atoms with van der Waals surface area (Å²) in [6, 6.07) is 19.3. The second kappa shape index (κ2) is 10.5. The van der Waals surface area contributed by atoms with Crippen molar-refractivity contribution in [1.82, 2.24) is 14.6 Å². The van der Waals surface area contributed by atoms with Crippen LogP contribution in [0.15, 0.2) is 71.3 Å². The molecule has 6 rings (SSSR count). The van der Waals surface area contributed by atoms with Crippen molar-refractivity contribution in [1.29, 1.82) is 0 Å². The average Bonchev–Trinajstić information content (AvgIpc) is 3.66. The average molecular weight is 554 g/mol. The molecule has 9 heteroatoms. The lowest BCUT2D eigenvalue weighted by Gasteiger charge is -2.10. The Labute approximate surface area is 234 Å². The number of benzene rings is 3. The Morgan fingerprint density at radius 1 is 0.975 bits per heavy atom. The van der Waals surface area contributed by atoms with Gasteiger partial charge in [0.05, 0.1) is 25.8 Å². The van der Waals surface area contributed by atoms with E-state index in [1.807, 2.05) is 74.5 Å². The van der Waals surface area contributed by atoms with E-state index in [0.717, 1.165) is 27.6 Å². The predicted octanol–water partition coefficient (Wildman–Crippen LogP) is 6.84. The molecule has 0 radical (unpaired) electrons. The molecule has 40 heavy (non-hydrogen) atoms. The maximum Gasteiger partial charge on any atom is 0.294 e. The summed E-state index contributed by atoms with van der Waals surface area (Å²) in [6.07, 6.45) is 2.13. The standard InChI is InChI=1S/C31H27N3O5S/c1-18-8-9-22(10-19(18)2)26(35)12-20-6-5-7-21(11-20)17-38-27-13-23(36-3)14-28-24(27)15-29(39-28)25-16-34-30(32-25)40-31(33-34)37-4/h5-11,13-16H,12,17H2,1-4H3. The number of furan rings is 1. The summed E-state index contributed by atoms with van der Waals surface area (Å²) in [5.74, 6) is 1.93. The topological polar surface area (TPSA) is 88.1 Å². The molecule has 0 aliphatic rings. The van der Waals surface area contributed by atoms with Crippen LogP contribution in [0, 0.1) is 13.8 Å². The SMILES string of the molecule is COc1cc(OCc2cccc(CC(=O)c3ccc(C)c(C)c3)c2)c2cc(-c3cn4nc(OC)sc4n3)oc2c1. The molecular weight excluding hydrogens is 526 g/mol. The number of Topliss-reactive ketones (excluding diaryl/α,β-unsaturated/α-hetero) is 1. The number of ketones is 1. The van der Waals surface area contributed by atoms with E-state index >= 15 is 0 Å². The molecule has 0 unspecified atom stereocenters. The summed E-state index contributed by atoms with van der Waals surface area (Å²) in [7, 11) is 3.18. The van der Waals surface area contributed by atoms with Crippen molar-refractivity contribution >= 4 is 33.1 Å². The van der Waals surface area contributed by atoms with E-state index in [2.05, 4.69) is 10.1 Å². The largest absolute Gasteiger partial charge is 0.496 e. The molecule has 0 fully saturated rings. The van der Waals surface area contributed by atoms with E-state index in [1.165, 1.54) is 16.9 Å². The van der Waals surface area contributed by atoms with Crippen LogP contribution in [0.1, 0.15) is 32.6 Å². The fraction of sp³-hybridized carbons (Fsp3) is 0.194. The maximum absolute atomic E-state index is 12.9. The fourth-order valence-electron chi connectivity index (χ4n) is 4.52. The number of hydrogen-bond acceptors (Lipinski definition) is 8. The van der Waals surface area contributed by atoms with Gasteiger partial charge in [0.25, 0.3) is 5.19 Å². The van der Waals surface area contributed by atoms with Gasteiger partial charge in [-0.05, 0) is 59.6 Å². The molecule has 6 aromatic rings. The third-order valence-electron chi connectivity index (χ3n) is 6.84. The highest BCUT2D eigenvalue weighted by molar-refractivity contribution is 7.18. The number of aromatic nitrogens is 3. The summed E-state index contributed by atoms with van der Waals surface area (Å²) in [4.78, 5) is 18.2. The lowest BCUT2D eigenvalue weighted by atomic mass is 9.98. The van der Waals surface area contributed by atoms with Gasteiger partial charge in [0.1, 0.15) is 29.4 Å². The van der Waals surface area contributed by atoms with Crippen LogP contribution >= 0.6 is 11.3 Å². The van der Waals surface area contributed by atoms with Crippen molar-refractivity contribution in [2.75, 3.05) is 14.2 Å². The van der Waals surface area contributed by atoms with Crippen LogP contribution in [-0.4, -0.2) is 34.6 Å². The highest BCUT2D eigenvalue weighted by atomic mass is 32.1. The number of hydrogen-bond donors (Lipinski definition) is 0. The number of ether oxygens (including phenoxy) is 3. The second-order valence-corrected chi connectivity index (χ2v) is 10.5. The van der Waals surface area contributed by atoms with Gasteiger partial charge >= 0.3 is 0 Å². The molecule has 8 nitrogen and oxygen atoms in total. The number of carbonyl (C=O) groups is 1. The van der Waals surface area contributed by atoms with Gasteiger partial charge < -0.3 is 18.6 Å². The highest BCUT2D eigenvalue weighted by Crippen LogP contribution is 2.37. The zero-order chi connectivity index (χ0) is 27.8. The van der Waals surface area contributed by atoms with Crippen LogP contribution in [0.3, 0.4) is 0 Å². The summed E-state index contributed by atoms with van der Waals surface area (Å²) in [5, 5.41) is 5.68. The third kappa shape index (κ3) is 5.03. The highest BCUT2D eigenvalue weighted by Gasteiger charge is 2.17. The van der Waals surface area contributed by atoms with E-state index in [-0.39, 0.29) is 5.78 Å². The third-order valence-corrected chi connectivity index (χ3v) is 7.72. The van der Waals surface area contributed by atoms with Crippen molar-refractivity contribution in [2.24, 2.45) is 0 Å². The fourth-order valence-corrected chi connectivity index (χ4v) is 5.22. The summed E-state index contributed by atoms with van der Waals surface area (Å²) >= 11 is 1.35. The van der Waals surface area contributed by atoms with Crippen molar-refractivity contribution in [3.8, 4) is 28.1 Å². The van der Waals surface area contributed by atoms with E-state index in [4.69, 9.17) is 18.6 Å². The van der Waals surface area contributed by atoms with Crippen LogP contribution in [0.25, 0.3) is 27.4 Å². The normalized spacial score (nSPS) is 11.3. The monoisotopic (exact) mass is 553 g/mol. The molecule has 0 saturated carbocycles. The first-order chi connectivity index (χ1) is 19.4. The van der Waals surface area contributed by atoms with Crippen LogP contribution in [0.2, 0.25) is 0 Å². The Balaban J connectivity index is 1.22. The Morgan fingerprint density at radius 2 is 1.82 bits per heavy atom. The van der Waals surface area contributed by atoms with Crippen LogP contribution in [0.4, 0.5) is 0 Å². The number of aryl methyl sites for hydroxylation is 2. The minimum atomic E-state index is 0.0920. The molecule has 0 bridgehead atoms. The van der Waals surface area contributed by atoms with Crippen LogP contribution < -0.4 is 14.2 Å². The lowest BCUT2D eigenvalue weighted by molar-refractivity contribution is 0.0993. The maximum atomic E-state index is 12.9. The minimum absolute atomic E-state index is 0.0920. The molecule has 3 aromatic heterocycles. The first-order valence-corrected chi connectivity index (χ1v) is 13.5. The van der Waals surface area contributed by atoms with Crippen LogP contribution in [-0.2, 0) is 13.0 Å². The summed E-state index contributed by atoms with van der Waals surface area (Å²) in [6.45, 7) is 4.38. The predicted molar refractivity (Wildman–Crippen MR) is 154 cm³/mol. The summed E-state index contributed by atoms with van der Waals surface area (Å²) < 4.78 is 24.8. The molecule has 0 aliphatic heterocycles. The lowest BCUT2D eigenvalue weighted by Crippen LogP contribution is -2.05. The quantitative estimate of drug-likeness (QED) is 0.181. The zero-order valence-electron chi connectivity index (χ0n) is 22.6. The molecule has 0 saturated heterocycles. The second-order valence-electron chi connectivity index (χ2n) is 9.58. The molecule has 202 valence electrons. The van der Waals surface area contributed by atoms with E-state index in [1.54, 1.807) is 24.9 Å². The molecule has 0 amide bonds. The number of imidazole rings is 1. The number of nitrogens with zero attached hydrogens (tertiary/aromatic N) is 3. The zero-order valence-corrected chi connectivity index (χ0v) is 23.4. The van der Waals surface area contributed by atoms with Gasteiger partial charge in [0.15, 0.2) is 11.5 Å². The van der Waals surface area contributed by atoms with Gasteiger partial charge in [-0.15, -0.1) is 5.10 Å².